The monoisotopic (exact) mass is 320 g/mol. The van der Waals surface area contributed by atoms with E-state index >= 15 is 0 Å². The highest BCUT2D eigenvalue weighted by Gasteiger charge is 2.27. The molecule has 1 atom stereocenters. The smallest absolute Gasteiger partial charge is 0.244 e. The molecule has 0 saturated heterocycles. The fraction of sp³-hybridized carbons (Fsp3) is 0.267. The third kappa shape index (κ3) is 2.83. The van der Waals surface area contributed by atoms with Crippen LogP contribution in [0.25, 0.3) is 0 Å². The molecule has 0 amide bonds. The Hall–Kier alpha value is -1.96. The molecule has 0 bridgehead atoms. The van der Waals surface area contributed by atoms with E-state index in [4.69, 9.17) is 4.74 Å². The molecule has 0 aliphatic carbocycles. The molecule has 0 saturated carbocycles. The number of sulfonamides is 1. The SMILES string of the molecule is O=S(=O)(NC(CO)c1cccnc1)c1cccc2c1OCC2. The lowest BCUT2D eigenvalue weighted by atomic mass is 10.1. The molecule has 22 heavy (non-hydrogen) atoms. The van der Waals surface area contributed by atoms with Crippen LogP contribution in [0.4, 0.5) is 0 Å². The molecule has 1 unspecified atom stereocenters. The molecule has 0 radical (unpaired) electrons. The number of benzene rings is 1. The second-order valence-electron chi connectivity index (χ2n) is 4.99. The molecule has 2 heterocycles. The van der Waals surface area contributed by atoms with Crippen molar-refractivity contribution in [2.45, 2.75) is 17.4 Å². The largest absolute Gasteiger partial charge is 0.492 e. The minimum absolute atomic E-state index is 0.102. The molecule has 1 aliphatic rings. The van der Waals surface area contributed by atoms with Gasteiger partial charge in [-0.25, -0.2) is 13.1 Å². The molecular formula is C15H16N2O4S. The van der Waals surface area contributed by atoms with Crippen molar-refractivity contribution in [3.63, 3.8) is 0 Å². The van der Waals surface area contributed by atoms with Gasteiger partial charge in [-0.1, -0.05) is 18.2 Å². The second-order valence-corrected chi connectivity index (χ2v) is 6.67. The van der Waals surface area contributed by atoms with Crippen molar-refractivity contribution < 1.29 is 18.3 Å². The van der Waals surface area contributed by atoms with Crippen molar-refractivity contribution in [1.29, 1.82) is 0 Å². The molecule has 2 N–H and O–H groups in total. The normalized spacial score (nSPS) is 15.1. The Labute approximate surface area is 128 Å². The Kier molecular flexibility index (Phi) is 4.10. The average Bonchev–Trinajstić information content (AvgIpc) is 3.01. The van der Waals surface area contributed by atoms with Crippen molar-refractivity contribution in [2.75, 3.05) is 13.2 Å². The highest BCUT2D eigenvalue weighted by Crippen LogP contribution is 2.33. The number of rotatable bonds is 5. The zero-order valence-electron chi connectivity index (χ0n) is 11.8. The zero-order valence-corrected chi connectivity index (χ0v) is 12.6. The molecule has 3 rings (SSSR count). The third-order valence-electron chi connectivity index (χ3n) is 3.53. The van der Waals surface area contributed by atoms with Crippen molar-refractivity contribution in [1.82, 2.24) is 9.71 Å². The van der Waals surface area contributed by atoms with E-state index < -0.39 is 16.1 Å². The van der Waals surface area contributed by atoms with Crippen molar-refractivity contribution in [3.05, 3.63) is 53.9 Å². The van der Waals surface area contributed by atoms with Crippen LogP contribution in [0.5, 0.6) is 5.75 Å². The first-order chi connectivity index (χ1) is 10.6. The fourth-order valence-electron chi connectivity index (χ4n) is 2.44. The number of nitrogens with zero attached hydrogens (tertiary/aromatic N) is 1. The van der Waals surface area contributed by atoms with E-state index in [1.54, 1.807) is 24.4 Å². The van der Waals surface area contributed by atoms with Crippen molar-refractivity contribution in [2.24, 2.45) is 0 Å². The van der Waals surface area contributed by atoms with Crippen LogP contribution >= 0.6 is 0 Å². The number of fused-ring (bicyclic) bond motifs is 1. The molecule has 1 aliphatic heterocycles. The van der Waals surface area contributed by atoms with Gasteiger partial charge in [0.2, 0.25) is 10.0 Å². The fourth-order valence-corrected chi connectivity index (χ4v) is 3.84. The first kappa shape index (κ1) is 15.0. The first-order valence-corrected chi connectivity index (χ1v) is 8.38. The summed E-state index contributed by atoms with van der Waals surface area (Å²) in [7, 11) is -3.81. The van der Waals surface area contributed by atoms with Crippen LogP contribution in [0, 0.1) is 0 Å². The van der Waals surface area contributed by atoms with E-state index in [0.717, 1.165) is 5.56 Å². The summed E-state index contributed by atoms with van der Waals surface area (Å²) in [6.07, 6.45) is 3.81. The van der Waals surface area contributed by atoms with Crippen LogP contribution in [0.3, 0.4) is 0 Å². The van der Waals surface area contributed by atoms with Crippen LogP contribution < -0.4 is 9.46 Å². The summed E-state index contributed by atoms with van der Waals surface area (Å²) in [5, 5.41) is 9.50. The predicted molar refractivity (Wildman–Crippen MR) is 80.0 cm³/mol. The summed E-state index contributed by atoms with van der Waals surface area (Å²) >= 11 is 0. The Balaban J connectivity index is 1.92. The average molecular weight is 320 g/mol. The van der Waals surface area contributed by atoms with Crippen LogP contribution in [-0.2, 0) is 16.4 Å². The summed E-state index contributed by atoms with van der Waals surface area (Å²) in [5.41, 5.74) is 1.48. The predicted octanol–water partition coefficient (Wildman–Crippen LogP) is 1.03. The van der Waals surface area contributed by atoms with Crippen LogP contribution in [0.2, 0.25) is 0 Å². The Morgan fingerprint density at radius 2 is 2.18 bits per heavy atom. The summed E-state index contributed by atoms with van der Waals surface area (Å²) in [5.74, 6) is 0.401. The Morgan fingerprint density at radius 3 is 2.91 bits per heavy atom. The number of ether oxygens (including phenoxy) is 1. The second kappa shape index (κ2) is 6.04. The molecule has 0 spiro atoms. The number of pyridine rings is 1. The number of hydrogen-bond acceptors (Lipinski definition) is 5. The maximum Gasteiger partial charge on any atom is 0.244 e. The van der Waals surface area contributed by atoms with Gasteiger partial charge in [-0.3, -0.25) is 4.98 Å². The minimum atomic E-state index is -3.81. The van der Waals surface area contributed by atoms with Crippen LogP contribution in [0.15, 0.2) is 47.6 Å². The number of aliphatic hydroxyl groups is 1. The highest BCUT2D eigenvalue weighted by molar-refractivity contribution is 7.89. The quantitative estimate of drug-likeness (QED) is 0.859. The lowest BCUT2D eigenvalue weighted by Gasteiger charge is -2.17. The lowest BCUT2D eigenvalue weighted by Crippen LogP contribution is -2.31. The van der Waals surface area contributed by atoms with E-state index in [9.17, 15) is 13.5 Å². The van der Waals surface area contributed by atoms with Gasteiger partial charge in [-0.2, -0.15) is 0 Å². The van der Waals surface area contributed by atoms with Crippen LogP contribution in [-0.4, -0.2) is 31.7 Å². The molecule has 6 nitrogen and oxygen atoms in total. The standard InChI is InChI=1S/C15H16N2O4S/c18-10-13(12-4-2-7-16-9-12)17-22(19,20)14-5-1-3-11-6-8-21-15(11)14/h1-5,7,9,13,17-18H,6,8,10H2. The molecule has 1 aromatic carbocycles. The highest BCUT2D eigenvalue weighted by atomic mass is 32.2. The van der Waals surface area contributed by atoms with Crippen molar-refractivity contribution in [3.8, 4) is 5.75 Å². The maximum absolute atomic E-state index is 12.6. The van der Waals surface area contributed by atoms with Gasteiger partial charge in [0.1, 0.15) is 10.6 Å². The Bertz CT molecular complexity index is 762. The first-order valence-electron chi connectivity index (χ1n) is 6.89. The number of hydrogen-bond donors (Lipinski definition) is 2. The van der Waals surface area contributed by atoms with E-state index in [-0.39, 0.29) is 11.5 Å². The molecule has 0 fully saturated rings. The van der Waals surface area contributed by atoms with E-state index in [1.165, 1.54) is 12.3 Å². The third-order valence-corrected chi connectivity index (χ3v) is 5.03. The molecule has 2 aromatic rings. The summed E-state index contributed by atoms with van der Waals surface area (Å²) in [6.45, 7) is 0.120. The molecule has 7 heteroatoms. The number of para-hydroxylation sites is 1. The van der Waals surface area contributed by atoms with Gasteiger partial charge in [0.25, 0.3) is 0 Å². The van der Waals surface area contributed by atoms with Crippen molar-refractivity contribution >= 4 is 10.0 Å². The summed E-state index contributed by atoms with van der Waals surface area (Å²) in [4.78, 5) is 4.05. The summed E-state index contributed by atoms with van der Waals surface area (Å²) < 4.78 is 33.2. The number of nitrogens with one attached hydrogen (secondary N) is 1. The maximum atomic E-state index is 12.6. The molecule has 1 aromatic heterocycles. The van der Waals surface area contributed by atoms with Gasteiger partial charge < -0.3 is 9.84 Å². The van der Waals surface area contributed by atoms with Gasteiger partial charge in [-0.05, 0) is 23.3 Å². The van der Waals surface area contributed by atoms with Gasteiger partial charge in [0, 0.05) is 18.8 Å². The zero-order chi connectivity index (χ0) is 15.6. The van der Waals surface area contributed by atoms with E-state index in [1.807, 2.05) is 6.07 Å². The van der Waals surface area contributed by atoms with Gasteiger partial charge >= 0.3 is 0 Å². The number of aromatic nitrogens is 1. The summed E-state index contributed by atoms with van der Waals surface area (Å²) in [6, 6.07) is 7.70. The van der Waals surface area contributed by atoms with Crippen LogP contribution in [0.1, 0.15) is 17.2 Å². The van der Waals surface area contributed by atoms with E-state index in [0.29, 0.717) is 24.3 Å². The van der Waals surface area contributed by atoms with Gasteiger partial charge in [-0.15, -0.1) is 0 Å². The van der Waals surface area contributed by atoms with Gasteiger partial charge in [0.15, 0.2) is 0 Å². The van der Waals surface area contributed by atoms with Gasteiger partial charge in [0.05, 0.1) is 19.3 Å². The Morgan fingerprint density at radius 1 is 1.32 bits per heavy atom. The lowest BCUT2D eigenvalue weighted by molar-refractivity contribution is 0.258. The molecule has 116 valence electrons. The topological polar surface area (TPSA) is 88.5 Å². The minimum Gasteiger partial charge on any atom is -0.492 e. The van der Waals surface area contributed by atoms with E-state index in [2.05, 4.69) is 9.71 Å². The number of aliphatic hydroxyl groups excluding tert-OH is 1. The molecular weight excluding hydrogens is 304 g/mol.